The highest BCUT2D eigenvalue weighted by molar-refractivity contribution is 5.86. The normalized spacial score (nSPS) is 19.8. The van der Waals surface area contributed by atoms with Gasteiger partial charge in [0.2, 0.25) is 5.91 Å². The fraction of sp³-hybridized carbons (Fsp3) is 0.846. The molecule has 5 nitrogen and oxygen atoms in total. The third-order valence-corrected chi connectivity index (χ3v) is 3.33. The second-order valence-corrected chi connectivity index (χ2v) is 4.92. The van der Waals surface area contributed by atoms with Gasteiger partial charge in [-0.2, -0.15) is 0 Å². The van der Waals surface area contributed by atoms with E-state index in [9.17, 15) is 9.59 Å². The van der Waals surface area contributed by atoms with Gasteiger partial charge < -0.3 is 14.9 Å². The molecule has 1 heterocycles. The van der Waals surface area contributed by atoms with Gasteiger partial charge in [0.1, 0.15) is 0 Å². The molecule has 1 N–H and O–H groups in total. The van der Waals surface area contributed by atoms with Crippen LogP contribution < -0.4 is 0 Å². The molecule has 104 valence electrons. The van der Waals surface area contributed by atoms with E-state index >= 15 is 0 Å². The number of hydrogen-bond acceptors (Lipinski definition) is 3. The molecule has 1 amide bonds. The maximum atomic E-state index is 11.7. The smallest absolute Gasteiger partial charge is 0.308 e. The Morgan fingerprint density at radius 2 is 1.94 bits per heavy atom. The Morgan fingerprint density at radius 1 is 1.33 bits per heavy atom. The molecule has 1 atom stereocenters. The summed E-state index contributed by atoms with van der Waals surface area (Å²) in [6.07, 6.45) is 2.37. The van der Waals surface area contributed by atoms with E-state index in [0.717, 1.165) is 32.5 Å². The lowest BCUT2D eigenvalue weighted by Gasteiger charge is -2.24. The van der Waals surface area contributed by atoms with Crippen molar-refractivity contribution in [2.24, 2.45) is 5.92 Å². The van der Waals surface area contributed by atoms with Crippen LogP contribution in [0.4, 0.5) is 0 Å². The van der Waals surface area contributed by atoms with E-state index in [1.807, 2.05) is 0 Å². The molecule has 1 aliphatic heterocycles. The van der Waals surface area contributed by atoms with Gasteiger partial charge >= 0.3 is 5.97 Å². The van der Waals surface area contributed by atoms with Crippen molar-refractivity contribution in [2.45, 2.75) is 33.1 Å². The van der Waals surface area contributed by atoms with Crippen molar-refractivity contribution in [2.75, 3.05) is 32.7 Å². The van der Waals surface area contributed by atoms with E-state index in [2.05, 4.69) is 18.7 Å². The van der Waals surface area contributed by atoms with Crippen molar-refractivity contribution in [3.05, 3.63) is 0 Å². The summed E-state index contributed by atoms with van der Waals surface area (Å²) < 4.78 is 0. The Bertz CT molecular complexity index is 288. The number of hydrogen-bond donors (Lipinski definition) is 1. The predicted molar refractivity (Wildman–Crippen MR) is 69.3 cm³/mol. The van der Waals surface area contributed by atoms with Crippen LogP contribution in [-0.4, -0.2) is 59.5 Å². The lowest BCUT2D eigenvalue weighted by atomic mass is 10.1. The number of carboxylic acid groups (broad SMARTS) is 1. The first kappa shape index (κ1) is 15.0. The number of likely N-dealkylation sites (tertiary alicyclic amines) is 1. The highest BCUT2D eigenvalue weighted by Crippen LogP contribution is 2.17. The van der Waals surface area contributed by atoms with Crippen LogP contribution in [0.2, 0.25) is 0 Å². The van der Waals surface area contributed by atoms with Crippen LogP contribution in [-0.2, 0) is 9.59 Å². The van der Waals surface area contributed by atoms with Crippen LogP contribution in [0.3, 0.4) is 0 Å². The molecule has 1 rings (SSSR count). The fourth-order valence-corrected chi connectivity index (χ4v) is 2.38. The van der Waals surface area contributed by atoms with Gasteiger partial charge in [-0.3, -0.25) is 9.59 Å². The summed E-state index contributed by atoms with van der Waals surface area (Å²) in [6.45, 7) is 8.24. The van der Waals surface area contributed by atoms with E-state index in [4.69, 9.17) is 5.11 Å². The third kappa shape index (κ3) is 4.29. The van der Waals surface area contributed by atoms with Crippen LogP contribution in [0.5, 0.6) is 0 Å². The molecule has 1 unspecified atom stereocenters. The van der Waals surface area contributed by atoms with Crippen LogP contribution in [0.1, 0.15) is 33.1 Å². The molecule has 5 heteroatoms. The maximum Gasteiger partial charge on any atom is 0.308 e. The Kier molecular flexibility index (Phi) is 6.12. The summed E-state index contributed by atoms with van der Waals surface area (Å²) in [7, 11) is 0. The number of carbonyl (C=O) groups excluding carboxylic acids is 1. The van der Waals surface area contributed by atoms with Gasteiger partial charge in [-0.25, -0.2) is 0 Å². The molecule has 0 aliphatic carbocycles. The molecule has 0 spiro atoms. The largest absolute Gasteiger partial charge is 0.481 e. The van der Waals surface area contributed by atoms with E-state index in [-0.39, 0.29) is 12.3 Å². The third-order valence-electron chi connectivity index (χ3n) is 3.33. The molecule has 1 aliphatic rings. The molecule has 0 aromatic rings. The summed E-state index contributed by atoms with van der Waals surface area (Å²) in [5.41, 5.74) is 0. The van der Waals surface area contributed by atoms with Crippen LogP contribution >= 0.6 is 0 Å². The standard InChI is InChI=1S/C13H24N2O3/c1-3-5-14(6-4-2)7-8-15-10-11(13(17)18)9-12(15)16/h11H,3-10H2,1-2H3,(H,17,18). The first-order chi connectivity index (χ1) is 8.58. The summed E-state index contributed by atoms with van der Waals surface area (Å²) in [5, 5.41) is 8.91. The van der Waals surface area contributed by atoms with Gasteiger partial charge in [0.05, 0.1) is 5.92 Å². The number of carbonyl (C=O) groups is 2. The van der Waals surface area contributed by atoms with Crippen molar-refractivity contribution >= 4 is 11.9 Å². The Morgan fingerprint density at radius 3 is 2.39 bits per heavy atom. The molecular weight excluding hydrogens is 232 g/mol. The summed E-state index contributed by atoms with van der Waals surface area (Å²) in [6, 6.07) is 0. The summed E-state index contributed by atoms with van der Waals surface area (Å²) in [4.78, 5) is 26.5. The highest BCUT2D eigenvalue weighted by Gasteiger charge is 2.33. The monoisotopic (exact) mass is 256 g/mol. The molecular formula is C13H24N2O3. The average Bonchev–Trinajstić information content (AvgIpc) is 2.68. The highest BCUT2D eigenvalue weighted by atomic mass is 16.4. The quantitative estimate of drug-likeness (QED) is 0.705. The molecule has 0 aromatic heterocycles. The van der Waals surface area contributed by atoms with Gasteiger partial charge in [-0.15, -0.1) is 0 Å². The fourth-order valence-electron chi connectivity index (χ4n) is 2.38. The molecule has 0 bridgehead atoms. The minimum absolute atomic E-state index is 0.0182. The first-order valence-corrected chi connectivity index (χ1v) is 6.81. The van der Waals surface area contributed by atoms with E-state index in [1.165, 1.54) is 0 Å². The molecule has 1 fully saturated rings. The Hall–Kier alpha value is -1.10. The number of amides is 1. The van der Waals surface area contributed by atoms with Crippen molar-refractivity contribution in [1.82, 2.24) is 9.80 Å². The van der Waals surface area contributed by atoms with Gasteiger partial charge in [-0.05, 0) is 25.9 Å². The van der Waals surface area contributed by atoms with Gasteiger partial charge in [0.25, 0.3) is 0 Å². The second kappa shape index (κ2) is 7.36. The van der Waals surface area contributed by atoms with Gasteiger partial charge in [0.15, 0.2) is 0 Å². The molecule has 0 saturated carbocycles. The zero-order valence-corrected chi connectivity index (χ0v) is 11.4. The number of carboxylic acids is 1. The van der Waals surface area contributed by atoms with Crippen molar-refractivity contribution < 1.29 is 14.7 Å². The zero-order chi connectivity index (χ0) is 13.5. The maximum absolute atomic E-state index is 11.7. The summed E-state index contributed by atoms with van der Waals surface area (Å²) in [5.74, 6) is -1.39. The van der Waals surface area contributed by atoms with E-state index in [0.29, 0.717) is 13.1 Å². The predicted octanol–water partition coefficient (Wildman–Crippen LogP) is 1.04. The zero-order valence-electron chi connectivity index (χ0n) is 11.4. The molecule has 1 saturated heterocycles. The minimum Gasteiger partial charge on any atom is -0.481 e. The lowest BCUT2D eigenvalue weighted by molar-refractivity contribution is -0.141. The van der Waals surface area contributed by atoms with Crippen LogP contribution in [0.25, 0.3) is 0 Å². The second-order valence-electron chi connectivity index (χ2n) is 4.92. The van der Waals surface area contributed by atoms with Crippen molar-refractivity contribution in [3.63, 3.8) is 0 Å². The van der Waals surface area contributed by atoms with E-state index < -0.39 is 11.9 Å². The summed E-state index contributed by atoms with van der Waals surface area (Å²) >= 11 is 0. The van der Waals surface area contributed by atoms with E-state index in [1.54, 1.807) is 4.90 Å². The number of nitrogens with zero attached hydrogens (tertiary/aromatic N) is 2. The topological polar surface area (TPSA) is 60.9 Å². The Balaban J connectivity index is 2.38. The lowest BCUT2D eigenvalue weighted by Crippen LogP contribution is -2.37. The van der Waals surface area contributed by atoms with Crippen molar-refractivity contribution in [3.8, 4) is 0 Å². The first-order valence-electron chi connectivity index (χ1n) is 6.81. The Labute approximate surface area is 109 Å². The molecule has 0 aromatic carbocycles. The van der Waals surface area contributed by atoms with Gasteiger partial charge in [-0.1, -0.05) is 13.8 Å². The SMILES string of the molecule is CCCN(CCC)CCN1CC(C(=O)O)CC1=O. The molecule has 18 heavy (non-hydrogen) atoms. The van der Waals surface area contributed by atoms with Crippen LogP contribution in [0.15, 0.2) is 0 Å². The minimum atomic E-state index is -0.857. The van der Waals surface area contributed by atoms with Crippen molar-refractivity contribution in [1.29, 1.82) is 0 Å². The average molecular weight is 256 g/mol. The van der Waals surface area contributed by atoms with Gasteiger partial charge in [0, 0.05) is 26.1 Å². The van der Waals surface area contributed by atoms with Crippen LogP contribution in [0, 0.1) is 5.92 Å². The molecule has 0 radical (unpaired) electrons. The number of aliphatic carboxylic acids is 1. The number of rotatable bonds is 8.